The van der Waals surface area contributed by atoms with Crippen molar-refractivity contribution >= 4 is 21.8 Å². The van der Waals surface area contributed by atoms with Gasteiger partial charge >= 0.3 is 0 Å². The lowest BCUT2D eigenvalue weighted by molar-refractivity contribution is 0.0782. The first-order valence-electron chi connectivity index (χ1n) is 7.41. The van der Waals surface area contributed by atoms with Crippen LogP contribution in [0.1, 0.15) is 15.9 Å². The first kappa shape index (κ1) is 19.1. The highest BCUT2D eigenvalue weighted by molar-refractivity contribution is 9.10. The third-order valence-corrected chi connectivity index (χ3v) is 4.39. The van der Waals surface area contributed by atoms with E-state index in [1.54, 1.807) is 19.2 Å². The fourth-order valence-electron chi connectivity index (χ4n) is 2.48. The molecule has 2 aromatic carbocycles. The van der Waals surface area contributed by atoms with Gasteiger partial charge < -0.3 is 19.1 Å². The Morgan fingerprint density at radius 3 is 2.36 bits per heavy atom. The standard InChI is InChI=1S/C18H19BrFNO4/c1-21(18(22)13-9-12(20)6-7-14(13)19)10-11-5-8-15(23-2)17(25-4)16(11)24-3/h5-9H,10H2,1-4H3. The van der Waals surface area contributed by atoms with Gasteiger partial charge in [-0.25, -0.2) is 4.39 Å². The maximum Gasteiger partial charge on any atom is 0.255 e. The summed E-state index contributed by atoms with van der Waals surface area (Å²) in [4.78, 5) is 14.1. The van der Waals surface area contributed by atoms with Gasteiger partial charge in [-0.05, 0) is 46.3 Å². The summed E-state index contributed by atoms with van der Waals surface area (Å²) in [6.07, 6.45) is 0. The van der Waals surface area contributed by atoms with Crippen LogP contribution in [0.25, 0.3) is 0 Å². The van der Waals surface area contributed by atoms with Crippen LogP contribution < -0.4 is 14.2 Å². The quantitative estimate of drug-likeness (QED) is 0.723. The minimum absolute atomic E-state index is 0.252. The van der Waals surface area contributed by atoms with E-state index in [1.807, 2.05) is 0 Å². The highest BCUT2D eigenvalue weighted by atomic mass is 79.9. The maximum absolute atomic E-state index is 13.5. The molecule has 0 atom stereocenters. The van der Waals surface area contributed by atoms with Gasteiger partial charge in [-0.15, -0.1) is 0 Å². The number of carbonyl (C=O) groups is 1. The van der Waals surface area contributed by atoms with Crippen LogP contribution in [0.15, 0.2) is 34.8 Å². The van der Waals surface area contributed by atoms with Crippen LogP contribution in [0, 0.1) is 5.82 Å². The molecular weight excluding hydrogens is 393 g/mol. The first-order chi connectivity index (χ1) is 11.9. The summed E-state index contributed by atoms with van der Waals surface area (Å²) in [5.41, 5.74) is 0.991. The van der Waals surface area contributed by atoms with Crippen molar-refractivity contribution in [3.63, 3.8) is 0 Å². The summed E-state index contributed by atoms with van der Waals surface area (Å²) < 4.78 is 30.0. The van der Waals surface area contributed by atoms with E-state index in [1.165, 1.54) is 44.4 Å². The third-order valence-electron chi connectivity index (χ3n) is 3.70. The van der Waals surface area contributed by atoms with Crippen molar-refractivity contribution in [2.45, 2.75) is 6.54 Å². The molecule has 0 N–H and O–H groups in total. The molecule has 0 fully saturated rings. The number of benzene rings is 2. The lowest BCUT2D eigenvalue weighted by Crippen LogP contribution is -2.27. The van der Waals surface area contributed by atoms with E-state index in [-0.39, 0.29) is 18.0 Å². The number of carbonyl (C=O) groups excluding carboxylic acids is 1. The van der Waals surface area contributed by atoms with Crippen molar-refractivity contribution in [2.75, 3.05) is 28.4 Å². The van der Waals surface area contributed by atoms with Crippen molar-refractivity contribution in [1.29, 1.82) is 0 Å². The fourth-order valence-corrected chi connectivity index (χ4v) is 2.90. The Bertz CT molecular complexity index is 782. The molecule has 0 saturated heterocycles. The van der Waals surface area contributed by atoms with Gasteiger partial charge in [0.2, 0.25) is 5.75 Å². The molecule has 0 spiro atoms. The molecule has 25 heavy (non-hydrogen) atoms. The second-order valence-corrected chi connectivity index (χ2v) is 6.13. The van der Waals surface area contributed by atoms with Gasteiger partial charge in [0.05, 0.1) is 26.9 Å². The zero-order valence-electron chi connectivity index (χ0n) is 14.4. The molecule has 0 aliphatic rings. The summed E-state index contributed by atoms with van der Waals surface area (Å²) >= 11 is 3.28. The summed E-state index contributed by atoms with van der Waals surface area (Å²) in [6, 6.07) is 7.54. The van der Waals surface area contributed by atoms with Gasteiger partial charge in [0.25, 0.3) is 5.91 Å². The van der Waals surface area contributed by atoms with Crippen LogP contribution in [-0.4, -0.2) is 39.2 Å². The molecule has 0 aliphatic heterocycles. The van der Waals surface area contributed by atoms with Gasteiger partial charge in [-0.3, -0.25) is 4.79 Å². The van der Waals surface area contributed by atoms with E-state index in [9.17, 15) is 9.18 Å². The summed E-state index contributed by atoms with van der Waals surface area (Å²) in [7, 11) is 6.21. The Morgan fingerprint density at radius 2 is 1.76 bits per heavy atom. The molecule has 7 heteroatoms. The average Bonchev–Trinajstić information content (AvgIpc) is 2.62. The molecule has 0 heterocycles. The average molecular weight is 412 g/mol. The Labute approximate surface area is 154 Å². The van der Waals surface area contributed by atoms with Crippen LogP contribution in [0.2, 0.25) is 0 Å². The van der Waals surface area contributed by atoms with Crippen molar-refractivity contribution < 1.29 is 23.4 Å². The van der Waals surface area contributed by atoms with E-state index >= 15 is 0 Å². The zero-order chi connectivity index (χ0) is 18.6. The lowest BCUT2D eigenvalue weighted by Gasteiger charge is -2.21. The molecular formula is C18H19BrFNO4. The summed E-state index contributed by atoms with van der Waals surface area (Å²) in [5.74, 6) is 0.687. The molecule has 134 valence electrons. The Morgan fingerprint density at radius 1 is 1.08 bits per heavy atom. The van der Waals surface area contributed by atoms with Crippen molar-refractivity contribution in [2.24, 2.45) is 0 Å². The molecule has 0 bridgehead atoms. The Balaban J connectivity index is 2.32. The number of hydrogen-bond donors (Lipinski definition) is 0. The molecule has 0 radical (unpaired) electrons. The molecule has 0 aromatic heterocycles. The van der Waals surface area contributed by atoms with E-state index in [0.717, 1.165) is 5.56 Å². The van der Waals surface area contributed by atoms with Crippen molar-refractivity contribution in [3.05, 3.63) is 51.7 Å². The molecule has 0 aliphatic carbocycles. The summed E-state index contributed by atoms with van der Waals surface area (Å²) in [6.45, 7) is 0.255. The van der Waals surface area contributed by atoms with E-state index in [0.29, 0.717) is 21.7 Å². The molecule has 5 nitrogen and oxygen atoms in total. The molecule has 2 rings (SSSR count). The zero-order valence-corrected chi connectivity index (χ0v) is 16.0. The number of nitrogens with zero attached hydrogens (tertiary/aromatic N) is 1. The third kappa shape index (κ3) is 4.04. The maximum atomic E-state index is 13.5. The predicted octanol–water partition coefficient (Wildman–Crippen LogP) is 3.89. The highest BCUT2D eigenvalue weighted by Crippen LogP contribution is 2.40. The number of hydrogen-bond acceptors (Lipinski definition) is 4. The lowest BCUT2D eigenvalue weighted by atomic mass is 10.1. The normalized spacial score (nSPS) is 10.3. The monoisotopic (exact) mass is 411 g/mol. The molecule has 2 aromatic rings. The van der Waals surface area contributed by atoms with Gasteiger partial charge in [0, 0.05) is 23.6 Å². The smallest absolute Gasteiger partial charge is 0.255 e. The van der Waals surface area contributed by atoms with E-state index < -0.39 is 5.82 Å². The first-order valence-corrected chi connectivity index (χ1v) is 8.20. The minimum Gasteiger partial charge on any atom is -0.493 e. The fraction of sp³-hybridized carbons (Fsp3) is 0.278. The minimum atomic E-state index is -0.469. The van der Waals surface area contributed by atoms with Crippen molar-refractivity contribution in [3.8, 4) is 17.2 Å². The van der Waals surface area contributed by atoms with Crippen LogP contribution >= 0.6 is 15.9 Å². The number of amides is 1. The molecule has 1 amide bonds. The Kier molecular flexibility index (Phi) is 6.25. The number of rotatable bonds is 6. The highest BCUT2D eigenvalue weighted by Gasteiger charge is 2.20. The topological polar surface area (TPSA) is 48.0 Å². The largest absolute Gasteiger partial charge is 0.493 e. The SMILES string of the molecule is COc1ccc(CN(C)C(=O)c2cc(F)ccc2Br)c(OC)c1OC. The van der Waals surface area contributed by atoms with Crippen LogP contribution in [-0.2, 0) is 6.54 Å². The Hall–Kier alpha value is -2.28. The van der Waals surface area contributed by atoms with E-state index in [2.05, 4.69) is 15.9 Å². The summed E-state index contributed by atoms with van der Waals surface area (Å²) in [5, 5.41) is 0. The second-order valence-electron chi connectivity index (χ2n) is 5.28. The van der Waals surface area contributed by atoms with Gasteiger partial charge in [-0.2, -0.15) is 0 Å². The number of halogens is 2. The van der Waals surface area contributed by atoms with Crippen LogP contribution in [0.5, 0.6) is 17.2 Å². The van der Waals surface area contributed by atoms with E-state index in [4.69, 9.17) is 14.2 Å². The number of ether oxygens (including phenoxy) is 3. The van der Waals surface area contributed by atoms with Crippen LogP contribution in [0.3, 0.4) is 0 Å². The van der Waals surface area contributed by atoms with Gasteiger partial charge in [0.1, 0.15) is 5.82 Å². The van der Waals surface area contributed by atoms with Gasteiger partial charge in [-0.1, -0.05) is 0 Å². The van der Waals surface area contributed by atoms with Gasteiger partial charge in [0.15, 0.2) is 11.5 Å². The molecule has 0 unspecified atom stereocenters. The van der Waals surface area contributed by atoms with Crippen molar-refractivity contribution in [1.82, 2.24) is 4.90 Å². The number of methoxy groups -OCH3 is 3. The predicted molar refractivity (Wildman–Crippen MR) is 96.0 cm³/mol. The van der Waals surface area contributed by atoms with Crippen LogP contribution in [0.4, 0.5) is 4.39 Å². The molecule has 0 saturated carbocycles. The second kappa shape index (κ2) is 8.20.